The third-order valence-corrected chi connectivity index (χ3v) is 5.42. The zero-order chi connectivity index (χ0) is 19.7. The number of halogens is 1. The van der Waals surface area contributed by atoms with Crippen molar-refractivity contribution < 1.29 is 9.47 Å². The van der Waals surface area contributed by atoms with Crippen LogP contribution < -0.4 is 15.0 Å². The van der Waals surface area contributed by atoms with Gasteiger partial charge >= 0.3 is 0 Å². The number of hydrogen-bond acceptors (Lipinski definition) is 5. The van der Waals surface area contributed by atoms with E-state index < -0.39 is 0 Å². The zero-order valence-electron chi connectivity index (χ0n) is 15.9. The molecule has 0 N–H and O–H groups in total. The van der Waals surface area contributed by atoms with Gasteiger partial charge in [0, 0.05) is 30.4 Å². The van der Waals surface area contributed by atoms with Crippen molar-refractivity contribution in [2.24, 2.45) is 0 Å². The molecule has 0 saturated carbocycles. The van der Waals surface area contributed by atoms with E-state index in [0.717, 1.165) is 42.1 Å². The molecular weight excluding hydrogens is 378 g/mol. The summed E-state index contributed by atoms with van der Waals surface area (Å²) in [5, 5.41) is 0.508. The van der Waals surface area contributed by atoms with Gasteiger partial charge in [-0.25, -0.2) is 4.98 Å². The Labute approximate surface area is 168 Å². The van der Waals surface area contributed by atoms with Gasteiger partial charge in [-0.15, -0.1) is 0 Å². The third kappa shape index (κ3) is 3.57. The Morgan fingerprint density at radius 3 is 2.82 bits per heavy atom. The van der Waals surface area contributed by atoms with E-state index in [4.69, 9.17) is 21.1 Å². The maximum atomic E-state index is 12.5. The van der Waals surface area contributed by atoms with E-state index in [2.05, 4.69) is 9.88 Å². The summed E-state index contributed by atoms with van der Waals surface area (Å²) in [6, 6.07) is 11.2. The molecule has 0 bridgehead atoms. The molecule has 1 saturated heterocycles. The first kappa shape index (κ1) is 18.8. The standard InChI is InChI=1S/C21H22ClN3O3/c1-27-16-6-7-19(28-2)17(11-16)18-4-3-9-24(18)13-15-10-21(26)25-12-14(22)5-8-20(25)23-15/h5-8,10-12,18H,3-4,9,13H2,1-2H3. The van der Waals surface area contributed by atoms with Crippen molar-refractivity contribution in [2.45, 2.75) is 25.4 Å². The van der Waals surface area contributed by atoms with Crippen LogP contribution in [0.3, 0.4) is 0 Å². The molecule has 1 aliphatic rings. The normalized spacial score (nSPS) is 17.2. The summed E-state index contributed by atoms with van der Waals surface area (Å²) in [5.74, 6) is 1.65. The van der Waals surface area contributed by atoms with Gasteiger partial charge in [0.2, 0.25) is 0 Å². The fourth-order valence-corrected chi connectivity index (χ4v) is 4.04. The molecule has 1 unspecified atom stereocenters. The molecule has 1 aromatic carbocycles. The molecule has 0 aliphatic carbocycles. The Hall–Kier alpha value is -2.57. The van der Waals surface area contributed by atoms with E-state index in [9.17, 15) is 4.79 Å². The van der Waals surface area contributed by atoms with Crippen LogP contribution in [-0.4, -0.2) is 35.0 Å². The number of pyridine rings is 1. The predicted molar refractivity (Wildman–Crippen MR) is 108 cm³/mol. The Balaban J connectivity index is 1.66. The van der Waals surface area contributed by atoms with Crippen molar-refractivity contribution in [3.63, 3.8) is 0 Å². The number of rotatable bonds is 5. The quantitative estimate of drug-likeness (QED) is 0.654. The highest BCUT2D eigenvalue weighted by atomic mass is 35.5. The van der Waals surface area contributed by atoms with E-state index in [-0.39, 0.29) is 11.6 Å². The number of likely N-dealkylation sites (tertiary alicyclic amines) is 1. The third-order valence-electron chi connectivity index (χ3n) is 5.20. The Bertz CT molecular complexity index is 1070. The second-order valence-electron chi connectivity index (χ2n) is 6.90. The van der Waals surface area contributed by atoms with Crippen molar-refractivity contribution in [2.75, 3.05) is 20.8 Å². The molecule has 1 atom stereocenters. The van der Waals surface area contributed by atoms with Gasteiger partial charge in [0.1, 0.15) is 17.1 Å². The number of aromatic nitrogens is 2. The molecule has 1 fully saturated rings. The van der Waals surface area contributed by atoms with Crippen LogP contribution in [0.2, 0.25) is 5.02 Å². The second kappa shape index (κ2) is 7.81. The van der Waals surface area contributed by atoms with Crippen LogP contribution in [-0.2, 0) is 6.54 Å². The van der Waals surface area contributed by atoms with Gasteiger partial charge in [-0.05, 0) is 49.7 Å². The molecule has 7 heteroatoms. The summed E-state index contributed by atoms with van der Waals surface area (Å²) in [6.45, 7) is 1.53. The Morgan fingerprint density at radius 2 is 2.04 bits per heavy atom. The highest BCUT2D eigenvalue weighted by molar-refractivity contribution is 6.30. The molecule has 0 amide bonds. The lowest BCUT2D eigenvalue weighted by Crippen LogP contribution is -2.25. The zero-order valence-corrected chi connectivity index (χ0v) is 16.6. The highest BCUT2D eigenvalue weighted by Crippen LogP contribution is 2.39. The smallest absolute Gasteiger partial charge is 0.258 e. The molecule has 146 valence electrons. The SMILES string of the molecule is COc1ccc(OC)c(C2CCCN2Cc2cc(=O)n3cc(Cl)ccc3n2)c1. The summed E-state index contributed by atoms with van der Waals surface area (Å²) in [4.78, 5) is 19.5. The predicted octanol–water partition coefficient (Wildman–Crippen LogP) is 3.70. The van der Waals surface area contributed by atoms with Gasteiger partial charge in [0.05, 0.1) is 24.9 Å². The number of fused-ring (bicyclic) bond motifs is 1. The summed E-state index contributed by atoms with van der Waals surface area (Å²) < 4.78 is 12.5. The highest BCUT2D eigenvalue weighted by Gasteiger charge is 2.29. The van der Waals surface area contributed by atoms with Crippen LogP contribution in [0.25, 0.3) is 5.65 Å². The molecule has 0 spiro atoms. The number of benzene rings is 1. The number of methoxy groups -OCH3 is 2. The van der Waals surface area contributed by atoms with Gasteiger partial charge in [0.25, 0.3) is 5.56 Å². The topological polar surface area (TPSA) is 56.1 Å². The van der Waals surface area contributed by atoms with E-state index in [1.165, 1.54) is 4.40 Å². The van der Waals surface area contributed by atoms with Gasteiger partial charge in [-0.3, -0.25) is 14.1 Å². The van der Waals surface area contributed by atoms with Crippen LogP contribution in [0.1, 0.15) is 30.1 Å². The lowest BCUT2D eigenvalue weighted by Gasteiger charge is -2.26. The maximum Gasteiger partial charge on any atom is 0.258 e. The molecule has 2 aromatic heterocycles. The van der Waals surface area contributed by atoms with Crippen LogP contribution in [0.15, 0.2) is 47.4 Å². The fourth-order valence-electron chi connectivity index (χ4n) is 3.88. The summed E-state index contributed by atoms with van der Waals surface area (Å²) in [6.07, 6.45) is 3.69. The van der Waals surface area contributed by atoms with E-state index >= 15 is 0 Å². The average molecular weight is 400 g/mol. The first-order chi connectivity index (χ1) is 13.6. The lowest BCUT2D eigenvalue weighted by molar-refractivity contribution is 0.239. The minimum Gasteiger partial charge on any atom is -0.497 e. The summed E-state index contributed by atoms with van der Waals surface area (Å²) in [5.41, 5.74) is 2.32. The first-order valence-corrected chi connectivity index (χ1v) is 9.60. The van der Waals surface area contributed by atoms with Gasteiger partial charge in [-0.2, -0.15) is 0 Å². The summed E-state index contributed by atoms with van der Waals surface area (Å²) in [7, 11) is 3.35. The van der Waals surface area contributed by atoms with Crippen molar-refractivity contribution in [3.05, 3.63) is 69.2 Å². The molecule has 1 aliphatic heterocycles. The average Bonchev–Trinajstić information content (AvgIpc) is 3.16. The van der Waals surface area contributed by atoms with Crippen LogP contribution in [0.5, 0.6) is 11.5 Å². The molecular formula is C21H22ClN3O3. The number of ether oxygens (including phenoxy) is 2. The van der Waals surface area contributed by atoms with Crippen LogP contribution in [0, 0.1) is 0 Å². The van der Waals surface area contributed by atoms with E-state index in [0.29, 0.717) is 17.2 Å². The first-order valence-electron chi connectivity index (χ1n) is 9.23. The largest absolute Gasteiger partial charge is 0.497 e. The van der Waals surface area contributed by atoms with Crippen molar-refractivity contribution >= 4 is 17.2 Å². The second-order valence-corrected chi connectivity index (χ2v) is 7.33. The molecule has 4 rings (SSSR count). The van der Waals surface area contributed by atoms with Crippen molar-refractivity contribution in [3.8, 4) is 11.5 Å². The summed E-state index contributed by atoms with van der Waals surface area (Å²) >= 11 is 5.99. The van der Waals surface area contributed by atoms with E-state index in [1.54, 1.807) is 38.6 Å². The van der Waals surface area contributed by atoms with Crippen LogP contribution in [0.4, 0.5) is 0 Å². The Kier molecular flexibility index (Phi) is 5.24. The molecule has 28 heavy (non-hydrogen) atoms. The van der Waals surface area contributed by atoms with E-state index in [1.807, 2.05) is 18.2 Å². The van der Waals surface area contributed by atoms with Gasteiger partial charge < -0.3 is 9.47 Å². The lowest BCUT2D eigenvalue weighted by atomic mass is 10.0. The minimum atomic E-state index is -0.128. The van der Waals surface area contributed by atoms with Gasteiger partial charge in [-0.1, -0.05) is 11.6 Å². The number of nitrogens with zero attached hydrogens (tertiary/aromatic N) is 3. The molecule has 0 radical (unpaired) electrons. The molecule has 3 aromatic rings. The van der Waals surface area contributed by atoms with Crippen molar-refractivity contribution in [1.82, 2.24) is 14.3 Å². The molecule has 3 heterocycles. The monoisotopic (exact) mass is 399 g/mol. The minimum absolute atomic E-state index is 0.128. The maximum absolute atomic E-state index is 12.5. The van der Waals surface area contributed by atoms with Crippen molar-refractivity contribution in [1.29, 1.82) is 0 Å². The van der Waals surface area contributed by atoms with Gasteiger partial charge in [0.15, 0.2) is 0 Å². The number of hydrogen-bond donors (Lipinski definition) is 0. The van der Waals surface area contributed by atoms with Crippen LogP contribution >= 0.6 is 11.6 Å². The molecule has 6 nitrogen and oxygen atoms in total. The fraction of sp³-hybridized carbons (Fsp3) is 0.333. The Morgan fingerprint density at radius 1 is 1.18 bits per heavy atom.